The number of nitrogens with one attached hydrogen (secondary N) is 2. The van der Waals surface area contributed by atoms with Crippen molar-refractivity contribution in [3.05, 3.63) is 24.3 Å². The predicted molar refractivity (Wildman–Crippen MR) is 69.5 cm³/mol. The van der Waals surface area contributed by atoms with E-state index in [2.05, 4.69) is 10.6 Å². The van der Waals surface area contributed by atoms with E-state index in [1.165, 1.54) is 0 Å². The summed E-state index contributed by atoms with van der Waals surface area (Å²) in [5.41, 5.74) is 0.739. The lowest BCUT2D eigenvalue weighted by Gasteiger charge is -2.12. The number of aliphatic carboxylic acids is 1. The SMILES string of the molecule is COc1ccccc1NC(=S)NCCC(=O)O. The molecule has 0 aliphatic rings. The van der Waals surface area contributed by atoms with Crippen LogP contribution in [0.5, 0.6) is 5.75 Å². The highest BCUT2D eigenvalue weighted by Crippen LogP contribution is 2.22. The van der Waals surface area contributed by atoms with Crippen LogP contribution in [0.15, 0.2) is 24.3 Å². The summed E-state index contributed by atoms with van der Waals surface area (Å²) >= 11 is 5.02. The van der Waals surface area contributed by atoms with Gasteiger partial charge in [0.25, 0.3) is 0 Å². The van der Waals surface area contributed by atoms with Crippen molar-refractivity contribution in [2.75, 3.05) is 19.0 Å². The molecule has 0 aliphatic heterocycles. The first kappa shape index (κ1) is 13.2. The molecule has 0 unspecified atom stereocenters. The Morgan fingerprint density at radius 2 is 2.18 bits per heavy atom. The lowest BCUT2D eigenvalue weighted by Crippen LogP contribution is -2.30. The van der Waals surface area contributed by atoms with E-state index in [4.69, 9.17) is 22.1 Å². The topological polar surface area (TPSA) is 70.6 Å². The third-order valence-corrected chi connectivity index (χ3v) is 2.23. The van der Waals surface area contributed by atoms with Gasteiger partial charge in [-0.25, -0.2) is 0 Å². The summed E-state index contributed by atoms with van der Waals surface area (Å²) in [6.45, 7) is 0.288. The van der Waals surface area contributed by atoms with Gasteiger partial charge >= 0.3 is 5.97 Å². The van der Waals surface area contributed by atoms with E-state index >= 15 is 0 Å². The molecule has 3 N–H and O–H groups in total. The molecule has 0 saturated carbocycles. The molecule has 0 fully saturated rings. The fraction of sp³-hybridized carbons (Fsp3) is 0.273. The second-order valence-corrected chi connectivity index (χ2v) is 3.63. The van der Waals surface area contributed by atoms with Crippen molar-refractivity contribution in [1.82, 2.24) is 5.32 Å². The molecule has 0 heterocycles. The van der Waals surface area contributed by atoms with Gasteiger partial charge < -0.3 is 20.5 Å². The van der Waals surface area contributed by atoms with Gasteiger partial charge in [-0.3, -0.25) is 4.79 Å². The van der Waals surface area contributed by atoms with Gasteiger partial charge in [-0.15, -0.1) is 0 Å². The van der Waals surface area contributed by atoms with E-state index in [1.807, 2.05) is 24.3 Å². The number of para-hydroxylation sites is 2. The third-order valence-electron chi connectivity index (χ3n) is 1.98. The Labute approximate surface area is 105 Å². The molecule has 6 heteroatoms. The molecule has 0 spiro atoms. The molecular weight excluding hydrogens is 240 g/mol. The van der Waals surface area contributed by atoms with Crippen LogP contribution in [-0.2, 0) is 4.79 Å². The smallest absolute Gasteiger partial charge is 0.305 e. The van der Waals surface area contributed by atoms with E-state index in [0.717, 1.165) is 5.69 Å². The normalized spacial score (nSPS) is 9.47. The van der Waals surface area contributed by atoms with Crippen LogP contribution in [0.25, 0.3) is 0 Å². The fourth-order valence-corrected chi connectivity index (χ4v) is 1.41. The monoisotopic (exact) mass is 254 g/mol. The number of methoxy groups -OCH3 is 1. The van der Waals surface area contributed by atoms with Gasteiger partial charge in [-0.1, -0.05) is 12.1 Å². The highest BCUT2D eigenvalue weighted by atomic mass is 32.1. The minimum absolute atomic E-state index is 0.0216. The van der Waals surface area contributed by atoms with Crippen molar-refractivity contribution in [1.29, 1.82) is 0 Å². The fourth-order valence-electron chi connectivity index (χ4n) is 1.20. The van der Waals surface area contributed by atoms with Crippen molar-refractivity contribution >= 4 is 29.0 Å². The number of carbonyl (C=O) groups is 1. The van der Waals surface area contributed by atoms with Gasteiger partial charge in [-0.05, 0) is 24.4 Å². The quantitative estimate of drug-likeness (QED) is 0.691. The van der Waals surface area contributed by atoms with Crippen LogP contribution in [0.2, 0.25) is 0 Å². The Kier molecular flexibility index (Phi) is 5.22. The maximum Gasteiger partial charge on any atom is 0.305 e. The van der Waals surface area contributed by atoms with Crippen LogP contribution >= 0.6 is 12.2 Å². The number of ether oxygens (including phenoxy) is 1. The van der Waals surface area contributed by atoms with Crippen LogP contribution in [0, 0.1) is 0 Å². The first-order valence-corrected chi connectivity index (χ1v) is 5.44. The van der Waals surface area contributed by atoms with Crippen molar-refractivity contribution < 1.29 is 14.6 Å². The van der Waals surface area contributed by atoms with Crippen molar-refractivity contribution in [3.8, 4) is 5.75 Å². The van der Waals surface area contributed by atoms with Crippen LogP contribution in [0.4, 0.5) is 5.69 Å². The molecule has 0 amide bonds. The Hall–Kier alpha value is -1.82. The van der Waals surface area contributed by atoms with E-state index < -0.39 is 5.97 Å². The molecule has 1 aromatic carbocycles. The summed E-state index contributed by atoms with van der Waals surface area (Å²) in [5.74, 6) is -0.188. The van der Waals surface area contributed by atoms with Crippen LogP contribution in [0.3, 0.4) is 0 Å². The van der Waals surface area contributed by atoms with Crippen LogP contribution in [-0.4, -0.2) is 29.8 Å². The molecule has 0 aliphatic carbocycles. The summed E-state index contributed by atoms with van der Waals surface area (Å²) in [7, 11) is 1.57. The molecule has 0 saturated heterocycles. The first-order valence-electron chi connectivity index (χ1n) is 5.03. The van der Waals surface area contributed by atoms with E-state index in [1.54, 1.807) is 7.11 Å². The Morgan fingerprint density at radius 1 is 1.47 bits per heavy atom. The second kappa shape index (κ2) is 6.70. The lowest BCUT2D eigenvalue weighted by atomic mass is 10.3. The number of carboxylic acids is 1. The summed E-state index contributed by atoms with van der Waals surface area (Å²) in [5, 5.41) is 14.6. The number of carboxylic acid groups (broad SMARTS) is 1. The molecule has 0 bridgehead atoms. The summed E-state index contributed by atoms with van der Waals surface area (Å²) < 4.78 is 5.14. The van der Waals surface area contributed by atoms with E-state index in [0.29, 0.717) is 10.9 Å². The minimum atomic E-state index is -0.863. The number of benzene rings is 1. The average Bonchev–Trinajstić information content (AvgIpc) is 2.29. The van der Waals surface area contributed by atoms with E-state index in [-0.39, 0.29) is 13.0 Å². The van der Waals surface area contributed by atoms with Crippen molar-refractivity contribution in [3.63, 3.8) is 0 Å². The Balaban J connectivity index is 2.47. The van der Waals surface area contributed by atoms with Gasteiger partial charge in [0, 0.05) is 6.54 Å². The highest BCUT2D eigenvalue weighted by Gasteiger charge is 2.03. The number of rotatable bonds is 5. The third kappa shape index (κ3) is 4.69. The Morgan fingerprint density at radius 3 is 2.82 bits per heavy atom. The molecule has 5 nitrogen and oxygen atoms in total. The molecular formula is C11H14N2O3S. The standard InChI is InChI=1S/C11H14N2O3S/c1-16-9-5-3-2-4-8(9)13-11(17)12-7-6-10(14)15/h2-5H,6-7H2,1H3,(H,14,15)(H2,12,13,17). The van der Waals surface area contributed by atoms with Gasteiger partial charge in [0.05, 0.1) is 19.2 Å². The summed E-state index contributed by atoms with van der Waals surface area (Å²) in [6.07, 6.45) is 0.0216. The molecule has 0 aromatic heterocycles. The van der Waals surface area contributed by atoms with Gasteiger partial charge in [0.1, 0.15) is 5.75 Å². The lowest BCUT2D eigenvalue weighted by molar-refractivity contribution is -0.136. The largest absolute Gasteiger partial charge is 0.495 e. The summed E-state index contributed by atoms with van der Waals surface area (Å²) in [4.78, 5) is 10.3. The second-order valence-electron chi connectivity index (χ2n) is 3.22. The average molecular weight is 254 g/mol. The zero-order chi connectivity index (χ0) is 12.7. The van der Waals surface area contributed by atoms with Crippen molar-refractivity contribution in [2.45, 2.75) is 6.42 Å². The molecule has 1 rings (SSSR count). The highest BCUT2D eigenvalue weighted by molar-refractivity contribution is 7.80. The molecule has 17 heavy (non-hydrogen) atoms. The number of thiocarbonyl (C=S) groups is 1. The first-order chi connectivity index (χ1) is 8.13. The number of anilines is 1. The minimum Gasteiger partial charge on any atom is -0.495 e. The molecule has 1 aromatic rings. The predicted octanol–water partition coefficient (Wildman–Crippen LogP) is 1.46. The Bertz CT molecular complexity index is 409. The van der Waals surface area contributed by atoms with Gasteiger partial charge in [0.2, 0.25) is 0 Å². The zero-order valence-electron chi connectivity index (χ0n) is 9.40. The van der Waals surface area contributed by atoms with Crippen LogP contribution < -0.4 is 15.4 Å². The molecule has 0 atom stereocenters. The molecule has 0 radical (unpaired) electrons. The van der Waals surface area contributed by atoms with Crippen molar-refractivity contribution in [2.24, 2.45) is 0 Å². The van der Waals surface area contributed by atoms with E-state index in [9.17, 15) is 4.79 Å². The number of hydrogen-bond acceptors (Lipinski definition) is 3. The number of hydrogen-bond donors (Lipinski definition) is 3. The molecule has 92 valence electrons. The van der Waals surface area contributed by atoms with Crippen LogP contribution in [0.1, 0.15) is 6.42 Å². The zero-order valence-corrected chi connectivity index (χ0v) is 10.2. The maximum atomic E-state index is 10.3. The maximum absolute atomic E-state index is 10.3. The van der Waals surface area contributed by atoms with Gasteiger partial charge in [-0.2, -0.15) is 0 Å². The van der Waals surface area contributed by atoms with Gasteiger partial charge in [0.15, 0.2) is 5.11 Å². The summed E-state index contributed by atoms with van der Waals surface area (Å²) in [6, 6.07) is 7.34.